The van der Waals surface area contributed by atoms with Crippen molar-refractivity contribution in [3.63, 3.8) is 0 Å². The van der Waals surface area contributed by atoms with Gasteiger partial charge in [-0.3, -0.25) is 4.68 Å². The van der Waals surface area contributed by atoms with Gasteiger partial charge in [0, 0.05) is 12.7 Å². The Morgan fingerprint density at radius 2 is 2.11 bits per heavy atom. The highest BCUT2D eigenvalue weighted by atomic mass is 16.3. The zero-order valence-corrected chi connectivity index (χ0v) is 11.6. The number of aliphatic hydroxyl groups is 1. The smallest absolute Gasteiger partial charge is 0.0762 e. The molecule has 3 rings (SSSR count). The predicted molar refractivity (Wildman–Crippen MR) is 74.8 cm³/mol. The maximum absolute atomic E-state index is 9.50. The van der Waals surface area contributed by atoms with E-state index >= 15 is 0 Å². The molecule has 0 saturated heterocycles. The number of nitrogens with one attached hydrogen (secondary N) is 1. The maximum atomic E-state index is 9.50. The van der Waals surface area contributed by atoms with Gasteiger partial charge in [-0.15, -0.1) is 0 Å². The SMILES string of the molecule is OC1CCC(CNCc2ccn(C3CCCC3)n2)C1. The molecule has 2 unspecified atom stereocenters. The molecule has 0 spiro atoms. The second-order valence-corrected chi connectivity index (χ2v) is 6.19. The van der Waals surface area contributed by atoms with E-state index in [1.165, 1.54) is 25.7 Å². The first-order valence-electron chi connectivity index (χ1n) is 7.74. The van der Waals surface area contributed by atoms with Gasteiger partial charge in [-0.2, -0.15) is 5.10 Å². The molecule has 1 aromatic rings. The van der Waals surface area contributed by atoms with Crippen molar-refractivity contribution in [2.75, 3.05) is 6.54 Å². The lowest BCUT2D eigenvalue weighted by Crippen LogP contribution is -2.21. The Hall–Kier alpha value is -0.870. The molecule has 2 atom stereocenters. The topological polar surface area (TPSA) is 50.1 Å². The molecule has 1 aromatic heterocycles. The fourth-order valence-corrected chi connectivity index (χ4v) is 3.48. The molecule has 106 valence electrons. The summed E-state index contributed by atoms with van der Waals surface area (Å²) in [6.07, 6.45) is 10.4. The second kappa shape index (κ2) is 6.06. The number of hydrogen-bond donors (Lipinski definition) is 2. The van der Waals surface area contributed by atoms with E-state index in [4.69, 9.17) is 0 Å². The van der Waals surface area contributed by atoms with Crippen LogP contribution in [-0.4, -0.2) is 27.5 Å². The third kappa shape index (κ3) is 3.37. The standard InChI is InChI=1S/C15H25N3O/c19-15-6-5-12(9-15)10-16-11-13-7-8-18(17-13)14-3-1-2-4-14/h7-8,12,14-16,19H,1-6,9-11H2. The van der Waals surface area contributed by atoms with Crippen molar-refractivity contribution in [2.45, 2.75) is 63.6 Å². The molecule has 4 nitrogen and oxygen atoms in total. The van der Waals surface area contributed by atoms with Crippen LogP contribution in [0.3, 0.4) is 0 Å². The Balaban J connectivity index is 1.42. The van der Waals surface area contributed by atoms with E-state index in [-0.39, 0.29) is 6.10 Å². The highest BCUT2D eigenvalue weighted by Crippen LogP contribution is 2.28. The molecule has 2 saturated carbocycles. The van der Waals surface area contributed by atoms with Crippen LogP contribution in [0.25, 0.3) is 0 Å². The molecule has 2 aliphatic carbocycles. The van der Waals surface area contributed by atoms with Crippen LogP contribution in [0.2, 0.25) is 0 Å². The van der Waals surface area contributed by atoms with Crippen LogP contribution < -0.4 is 5.32 Å². The largest absolute Gasteiger partial charge is 0.393 e. The van der Waals surface area contributed by atoms with Gasteiger partial charge in [-0.25, -0.2) is 0 Å². The van der Waals surface area contributed by atoms with Crippen LogP contribution in [0.1, 0.15) is 56.7 Å². The van der Waals surface area contributed by atoms with Crippen LogP contribution >= 0.6 is 0 Å². The van der Waals surface area contributed by atoms with Gasteiger partial charge >= 0.3 is 0 Å². The van der Waals surface area contributed by atoms with Crippen molar-refractivity contribution in [3.8, 4) is 0 Å². The van der Waals surface area contributed by atoms with Crippen LogP contribution in [-0.2, 0) is 6.54 Å². The summed E-state index contributed by atoms with van der Waals surface area (Å²) in [6.45, 7) is 1.86. The zero-order valence-electron chi connectivity index (χ0n) is 11.6. The van der Waals surface area contributed by atoms with Gasteiger partial charge in [0.05, 0.1) is 17.8 Å². The molecule has 2 aliphatic rings. The molecule has 2 fully saturated rings. The molecule has 0 bridgehead atoms. The van der Waals surface area contributed by atoms with Crippen LogP contribution in [0, 0.1) is 5.92 Å². The Labute approximate surface area is 115 Å². The number of hydrogen-bond acceptors (Lipinski definition) is 3. The van der Waals surface area contributed by atoms with Gasteiger partial charge in [0.15, 0.2) is 0 Å². The van der Waals surface area contributed by atoms with Crippen LogP contribution in [0.5, 0.6) is 0 Å². The highest BCUT2D eigenvalue weighted by molar-refractivity contribution is 5.00. The van der Waals surface area contributed by atoms with E-state index in [0.717, 1.165) is 38.0 Å². The van der Waals surface area contributed by atoms with Gasteiger partial charge in [0.2, 0.25) is 0 Å². The fraction of sp³-hybridized carbons (Fsp3) is 0.800. The summed E-state index contributed by atoms with van der Waals surface area (Å²) in [7, 11) is 0. The third-order valence-corrected chi connectivity index (χ3v) is 4.62. The molecular formula is C15H25N3O. The van der Waals surface area contributed by atoms with Crippen molar-refractivity contribution >= 4 is 0 Å². The summed E-state index contributed by atoms with van der Waals surface area (Å²) in [5.74, 6) is 0.645. The summed E-state index contributed by atoms with van der Waals surface area (Å²) < 4.78 is 2.16. The van der Waals surface area contributed by atoms with E-state index in [2.05, 4.69) is 27.4 Å². The van der Waals surface area contributed by atoms with Crippen molar-refractivity contribution in [3.05, 3.63) is 18.0 Å². The first-order valence-corrected chi connectivity index (χ1v) is 7.74. The Morgan fingerprint density at radius 1 is 1.26 bits per heavy atom. The first kappa shape index (κ1) is 13.1. The van der Waals surface area contributed by atoms with Gasteiger partial charge in [-0.05, 0) is 50.6 Å². The number of aliphatic hydroxyl groups excluding tert-OH is 1. The zero-order chi connectivity index (χ0) is 13.1. The molecule has 0 radical (unpaired) electrons. The van der Waals surface area contributed by atoms with E-state index in [9.17, 15) is 5.11 Å². The number of aromatic nitrogens is 2. The van der Waals surface area contributed by atoms with E-state index in [1.54, 1.807) is 0 Å². The third-order valence-electron chi connectivity index (χ3n) is 4.62. The fourth-order valence-electron chi connectivity index (χ4n) is 3.48. The van der Waals surface area contributed by atoms with Crippen molar-refractivity contribution in [1.82, 2.24) is 15.1 Å². The summed E-state index contributed by atoms with van der Waals surface area (Å²) in [6, 6.07) is 2.77. The Morgan fingerprint density at radius 3 is 2.84 bits per heavy atom. The molecular weight excluding hydrogens is 238 g/mol. The predicted octanol–water partition coefficient (Wildman–Crippen LogP) is 2.25. The lowest BCUT2D eigenvalue weighted by Gasteiger charge is -2.10. The molecule has 2 N–H and O–H groups in total. The second-order valence-electron chi connectivity index (χ2n) is 6.19. The van der Waals surface area contributed by atoms with Crippen LogP contribution in [0.4, 0.5) is 0 Å². The minimum Gasteiger partial charge on any atom is -0.393 e. The minimum atomic E-state index is -0.0617. The lowest BCUT2D eigenvalue weighted by molar-refractivity contribution is 0.177. The van der Waals surface area contributed by atoms with Gasteiger partial charge in [0.25, 0.3) is 0 Å². The normalized spacial score (nSPS) is 28.3. The number of rotatable bonds is 5. The van der Waals surface area contributed by atoms with E-state index in [0.29, 0.717) is 12.0 Å². The number of nitrogens with zero attached hydrogens (tertiary/aromatic N) is 2. The molecule has 1 heterocycles. The van der Waals surface area contributed by atoms with Gasteiger partial charge in [-0.1, -0.05) is 12.8 Å². The summed E-state index contributed by atoms with van der Waals surface area (Å²) in [5.41, 5.74) is 1.14. The van der Waals surface area contributed by atoms with Crippen molar-refractivity contribution < 1.29 is 5.11 Å². The summed E-state index contributed by atoms with van der Waals surface area (Å²) in [5, 5.41) is 17.7. The van der Waals surface area contributed by atoms with Gasteiger partial charge in [0.1, 0.15) is 0 Å². The molecule has 0 aromatic carbocycles. The van der Waals surface area contributed by atoms with E-state index in [1.807, 2.05) is 0 Å². The Bertz CT molecular complexity index is 398. The monoisotopic (exact) mass is 263 g/mol. The minimum absolute atomic E-state index is 0.0617. The van der Waals surface area contributed by atoms with Gasteiger partial charge < -0.3 is 10.4 Å². The summed E-state index contributed by atoms with van der Waals surface area (Å²) in [4.78, 5) is 0. The van der Waals surface area contributed by atoms with E-state index < -0.39 is 0 Å². The first-order chi connectivity index (χ1) is 9.31. The Kier molecular flexibility index (Phi) is 4.18. The highest BCUT2D eigenvalue weighted by Gasteiger charge is 2.22. The molecule has 0 amide bonds. The van der Waals surface area contributed by atoms with Crippen LogP contribution in [0.15, 0.2) is 12.3 Å². The molecule has 19 heavy (non-hydrogen) atoms. The summed E-state index contributed by atoms with van der Waals surface area (Å²) >= 11 is 0. The average molecular weight is 263 g/mol. The molecule has 0 aliphatic heterocycles. The maximum Gasteiger partial charge on any atom is 0.0762 e. The van der Waals surface area contributed by atoms with Crippen molar-refractivity contribution in [2.24, 2.45) is 5.92 Å². The lowest BCUT2D eigenvalue weighted by atomic mass is 10.1. The average Bonchev–Trinajstić information content (AvgIpc) is 3.09. The quantitative estimate of drug-likeness (QED) is 0.856. The molecule has 4 heteroatoms. The van der Waals surface area contributed by atoms with Crippen molar-refractivity contribution in [1.29, 1.82) is 0 Å².